The van der Waals surface area contributed by atoms with Gasteiger partial charge in [-0.3, -0.25) is 0 Å². The van der Waals surface area contributed by atoms with Crippen LogP contribution in [0.4, 0.5) is 0 Å². The summed E-state index contributed by atoms with van der Waals surface area (Å²) in [4.78, 5) is 5.91. The first-order valence-electron chi connectivity index (χ1n) is 6.48. The van der Waals surface area contributed by atoms with Gasteiger partial charge in [0.1, 0.15) is 0 Å². The molecule has 1 atom stereocenters. The first-order valence-corrected chi connectivity index (χ1v) is 7.30. The van der Waals surface area contributed by atoms with Gasteiger partial charge in [-0.15, -0.1) is 11.3 Å². The lowest BCUT2D eigenvalue weighted by molar-refractivity contribution is 0.462. The highest BCUT2D eigenvalue weighted by atomic mass is 32.1. The zero-order valence-electron chi connectivity index (χ0n) is 9.91. The maximum Gasteiger partial charge on any atom is 0.0959 e. The largest absolute Gasteiger partial charge is 0.312 e. The Labute approximate surface area is 101 Å². The fourth-order valence-electron chi connectivity index (χ4n) is 2.18. The van der Waals surface area contributed by atoms with Gasteiger partial charge in [0.05, 0.1) is 5.01 Å². The van der Waals surface area contributed by atoms with Crippen molar-refractivity contribution in [1.29, 1.82) is 0 Å². The van der Waals surface area contributed by atoms with Crippen LogP contribution in [0.1, 0.15) is 48.4 Å². The van der Waals surface area contributed by atoms with Gasteiger partial charge in [-0.05, 0) is 44.1 Å². The Morgan fingerprint density at radius 3 is 2.94 bits per heavy atom. The van der Waals surface area contributed by atoms with Crippen LogP contribution in [0, 0.1) is 11.8 Å². The number of rotatable bonds is 6. The van der Waals surface area contributed by atoms with E-state index < -0.39 is 0 Å². The van der Waals surface area contributed by atoms with Gasteiger partial charge in [-0.2, -0.15) is 0 Å². The van der Waals surface area contributed by atoms with E-state index in [1.54, 1.807) is 0 Å². The van der Waals surface area contributed by atoms with E-state index >= 15 is 0 Å². The molecule has 3 heteroatoms. The number of thiazole rings is 1. The lowest BCUT2D eigenvalue weighted by Gasteiger charge is -2.09. The standard InChI is InChI=1S/C13H20N2S/c1-9(10-2-3-10)6-14-7-12-8-15-13(16-12)11-4-5-11/h8-11,14H,2-7H2,1H3. The van der Waals surface area contributed by atoms with E-state index in [2.05, 4.69) is 23.4 Å². The van der Waals surface area contributed by atoms with Crippen molar-refractivity contribution in [3.05, 3.63) is 16.1 Å². The average molecular weight is 236 g/mol. The van der Waals surface area contributed by atoms with Crippen molar-refractivity contribution < 1.29 is 0 Å². The zero-order chi connectivity index (χ0) is 11.0. The summed E-state index contributed by atoms with van der Waals surface area (Å²) in [5.74, 6) is 2.68. The van der Waals surface area contributed by atoms with Crippen molar-refractivity contribution in [2.75, 3.05) is 6.54 Å². The molecule has 0 radical (unpaired) electrons. The van der Waals surface area contributed by atoms with Gasteiger partial charge >= 0.3 is 0 Å². The fraction of sp³-hybridized carbons (Fsp3) is 0.769. The summed E-state index contributed by atoms with van der Waals surface area (Å²) in [5.41, 5.74) is 0. The molecule has 0 amide bonds. The molecule has 0 bridgehead atoms. The SMILES string of the molecule is CC(CNCc1cnc(C2CC2)s1)C1CC1. The highest BCUT2D eigenvalue weighted by Crippen LogP contribution is 2.41. The zero-order valence-corrected chi connectivity index (χ0v) is 10.7. The molecule has 2 aliphatic rings. The van der Waals surface area contributed by atoms with E-state index in [4.69, 9.17) is 0 Å². The van der Waals surface area contributed by atoms with Crippen molar-refractivity contribution in [2.45, 2.75) is 45.1 Å². The maximum atomic E-state index is 4.50. The van der Waals surface area contributed by atoms with Crippen LogP contribution in [0.5, 0.6) is 0 Å². The highest BCUT2D eigenvalue weighted by Gasteiger charge is 2.28. The number of hydrogen-bond acceptors (Lipinski definition) is 3. The van der Waals surface area contributed by atoms with Crippen LogP contribution in [0.3, 0.4) is 0 Å². The molecule has 88 valence electrons. The molecule has 2 saturated carbocycles. The number of aromatic nitrogens is 1. The second-order valence-electron chi connectivity index (χ2n) is 5.38. The third-order valence-electron chi connectivity index (χ3n) is 3.69. The van der Waals surface area contributed by atoms with Crippen LogP contribution in [0.15, 0.2) is 6.20 Å². The molecule has 1 N–H and O–H groups in total. The topological polar surface area (TPSA) is 24.9 Å². The van der Waals surface area contributed by atoms with Crippen molar-refractivity contribution in [2.24, 2.45) is 11.8 Å². The molecular weight excluding hydrogens is 216 g/mol. The summed E-state index contributed by atoms with van der Waals surface area (Å²) in [6.07, 6.45) is 7.69. The van der Waals surface area contributed by atoms with Gasteiger partial charge in [0.15, 0.2) is 0 Å². The molecule has 2 fully saturated rings. The lowest BCUT2D eigenvalue weighted by Crippen LogP contribution is -2.21. The molecule has 1 aromatic rings. The van der Waals surface area contributed by atoms with Gasteiger partial charge in [-0.1, -0.05) is 6.92 Å². The molecule has 1 heterocycles. The maximum absolute atomic E-state index is 4.50. The Balaban J connectivity index is 1.42. The Bertz CT molecular complexity index is 353. The Kier molecular flexibility index (Phi) is 2.99. The fourth-order valence-corrected chi connectivity index (χ4v) is 3.23. The molecule has 0 aliphatic heterocycles. The van der Waals surface area contributed by atoms with Crippen LogP contribution < -0.4 is 5.32 Å². The first-order chi connectivity index (χ1) is 7.83. The molecule has 2 nitrogen and oxygen atoms in total. The monoisotopic (exact) mass is 236 g/mol. The second-order valence-corrected chi connectivity index (χ2v) is 6.53. The van der Waals surface area contributed by atoms with E-state index in [9.17, 15) is 0 Å². The van der Waals surface area contributed by atoms with Crippen LogP contribution in [-0.2, 0) is 6.54 Å². The molecule has 0 aromatic carbocycles. The van der Waals surface area contributed by atoms with Gasteiger partial charge in [0.2, 0.25) is 0 Å². The molecule has 1 unspecified atom stereocenters. The first kappa shape index (κ1) is 10.7. The Morgan fingerprint density at radius 2 is 2.25 bits per heavy atom. The van der Waals surface area contributed by atoms with Crippen molar-refractivity contribution in [1.82, 2.24) is 10.3 Å². The molecule has 0 spiro atoms. The van der Waals surface area contributed by atoms with E-state index in [1.165, 1.54) is 42.1 Å². The van der Waals surface area contributed by atoms with Gasteiger partial charge < -0.3 is 5.32 Å². The summed E-state index contributed by atoms with van der Waals surface area (Å²) in [5, 5.41) is 4.93. The van der Waals surface area contributed by atoms with E-state index in [-0.39, 0.29) is 0 Å². The van der Waals surface area contributed by atoms with Crippen LogP contribution in [0.25, 0.3) is 0 Å². The van der Waals surface area contributed by atoms with Crippen LogP contribution >= 0.6 is 11.3 Å². The third kappa shape index (κ3) is 2.64. The summed E-state index contributed by atoms with van der Waals surface area (Å²) >= 11 is 1.91. The lowest BCUT2D eigenvalue weighted by atomic mass is 10.1. The molecule has 16 heavy (non-hydrogen) atoms. The number of hydrogen-bond donors (Lipinski definition) is 1. The minimum atomic E-state index is 0.809. The summed E-state index contributed by atoms with van der Waals surface area (Å²) in [6.45, 7) is 4.55. The second kappa shape index (κ2) is 4.46. The molecule has 2 aliphatic carbocycles. The van der Waals surface area contributed by atoms with Crippen LogP contribution in [0.2, 0.25) is 0 Å². The molecule has 1 aromatic heterocycles. The number of nitrogens with zero attached hydrogens (tertiary/aromatic N) is 1. The predicted octanol–water partition coefficient (Wildman–Crippen LogP) is 3.16. The molecule has 0 saturated heterocycles. The molecular formula is C13H20N2S. The third-order valence-corrected chi connectivity index (χ3v) is 4.85. The number of nitrogens with one attached hydrogen (secondary N) is 1. The van der Waals surface area contributed by atoms with Crippen molar-refractivity contribution in [3.63, 3.8) is 0 Å². The van der Waals surface area contributed by atoms with E-state index in [1.807, 2.05) is 11.3 Å². The van der Waals surface area contributed by atoms with E-state index in [0.29, 0.717) is 0 Å². The minimum Gasteiger partial charge on any atom is -0.312 e. The summed E-state index contributed by atoms with van der Waals surface area (Å²) in [6, 6.07) is 0. The smallest absolute Gasteiger partial charge is 0.0959 e. The predicted molar refractivity (Wildman–Crippen MR) is 67.7 cm³/mol. The quantitative estimate of drug-likeness (QED) is 0.820. The Morgan fingerprint density at radius 1 is 1.44 bits per heavy atom. The normalized spacial score (nSPS) is 22.3. The van der Waals surface area contributed by atoms with Crippen molar-refractivity contribution >= 4 is 11.3 Å². The van der Waals surface area contributed by atoms with Gasteiger partial charge in [0.25, 0.3) is 0 Å². The van der Waals surface area contributed by atoms with Crippen LogP contribution in [-0.4, -0.2) is 11.5 Å². The summed E-state index contributed by atoms with van der Waals surface area (Å²) in [7, 11) is 0. The van der Waals surface area contributed by atoms with E-state index in [0.717, 1.165) is 24.3 Å². The van der Waals surface area contributed by atoms with Crippen molar-refractivity contribution in [3.8, 4) is 0 Å². The van der Waals surface area contributed by atoms with Gasteiger partial charge in [-0.25, -0.2) is 4.98 Å². The van der Waals surface area contributed by atoms with Gasteiger partial charge in [0, 0.05) is 23.5 Å². The summed E-state index contributed by atoms with van der Waals surface area (Å²) < 4.78 is 0. The highest BCUT2D eigenvalue weighted by molar-refractivity contribution is 7.11. The Hall–Kier alpha value is -0.410. The molecule has 3 rings (SSSR count). The minimum absolute atomic E-state index is 0.809. The average Bonchev–Trinajstić information content (AvgIpc) is 3.17.